The molecule has 0 saturated carbocycles. The van der Waals surface area contributed by atoms with Gasteiger partial charge < -0.3 is 9.97 Å². The predicted octanol–water partition coefficient (Wildman–Crippen LogP) is 7.31. The van der Waals surface area contributed by atoms with Gasteiger partial charge in [-0.3, -0.25) is 4.85 Å². The SMILES string of the molecule is [C-]#[N+]c1[c-]c(-c2ccccn2)ccc1.[Ir].[c-]1ccccc1-c1cc(-c2ccccc2)ccn1. The molecule has 1 radical (unpaired) electrons. The zero-order valence-corrected chi connectivity index (χ0v) is 20.0. The fraction of sp³-hybridized carbons (Fsp3) is 0. The topological polar surface area (TPSA) is 30.1 Å². The molecule has 4 heteroatoms. The molecule has 5 rings (SSSR count). The number of hydrogen-bond acceptors (Lipinski definition) is 2. The van der Waals surface area contributed by atoms with E-state index >= 15 is 0 Å². The zero-order valence-electron chi connectivity index (χ0n) is 17.6. The molecule has 3 aromatic carbocycles. The first kappa shape index (κ1) is 23.8. The zero-order chi connectivity index (χ0) is 22.0. The van der Waals surface area contributed by atoms with Crippen molar-refractivity contribution < 1.29 is 20.1 Å². The van der Waals surface area contributed by atoms with E-state index in [1.54, 1.807) is 12.3 Å². The average Bonchev–Trinajstić information content (AvgIpc) is 2.91. The summed E-state index contributed by atoms with van der Waals surface area (Å²) in [7, 11) is 0. The van der Waals surface area contributed by atoms with Crippen LogP contribution in [0.3, 0.4) is 0 Å². The first-order valence-electron chi connectivity index (χ1n) is 10.1. The van der Waals surface area contributed by atoms with Gasteiger partial charge >= 0.3 is 0 Å². The molecule has 0 aliphatic rings. The fourth-order valence-corrected chi connectivity index (χ4v) is 3.13. The predicted molar refractivity (Wildman–Crippen MR) is 129 cm³/mol. The maximum absolute atomic E-state index is 6.88. The van der Waals surface area contributed by atoms with Gasteiger partial charge in [0.15, 0.2) is 0 Å². The molecule has 0 aliphatic heterocycles. The Morgan fingerprint density at radius 2 is 1.39 bits per heavy atom. The van der Waals surface area contributed by atoms with Crippen LogP contribution in [-0.2, 0) is 20.1 Å². The van der Waals surface area contributed by atoms with Crippen molar-refractivity contribution in [3.8, 4) is 33.6 Å². The molecule has 0 spiro atoms. The van der Waals surface area contributed by atoms with Crippen LogP contribution in [0.15, 0.2) is 116 Å². The van der Waals surface area contributed by atoms with E-state index in [0.29, 0.717) is 5.69 Å². The van der Waals surface area contributed by atoms with Gasteiger partial charge in [-0.25, -0.2) is 0 Å². The molecular formula is C29H19IrN3-2. The van der Waals surface area contributed by atoms with E-state index in [1.807, 2.05) is 85.1 Å². The van der Waals surface area contributed by atoms with Crippen molar-refractivity contribution in [1.29, 1.82) is 0 Å². The Balaban J connectivity index is 0.000000186. The minimum Gasteiger partial charge on any atom is -0.305 e. The summed E-state index contributed by atoms with van der Waals surface area (Å²) in [6.45, 7) is 6.88. The van der Waals surface area contributed by atoms with Crippen LogP contribution in [0.4, 0.5) is 5.69 Å². The van der Waals surface area contributed by atoms with E-state index < -0.39 is 0 Å². The molecule has 5 aromatic rings. The Morgan fingerprint density at radius 3 is 2.12 bits per heavy atom. The second-order valence-corrected chi connectivity index (χ2v) is 6.85. The largest absolute Gasteiger partial charge is 0.305 e. The van der Waals surface area contributed by atoms with Crippen molar-refractivity contribution in [2.45, 2.75) is 0 Å². The summed E-state index contributed by atoms with van der Waals surface area (Å²) in [6.07, 6.45) is 3.58. The molecule has 33 heavy (non-hydrogen) atoms. The third-order valence-corrected chi connectivity index (χ3v) is 4.69. The molecule has 2 aromatic heterocycles. The van der Waals surface area contributed by atoms with Gasteiger partial charge in [-0.1, -0.05) is 48.5 Å². The average molecular weight is 602 g/mol. The van der Waals surface area contributed by atoms with Gasteiger partial charge in [-0.05, 0) is 34.6 Å². The van der Waals surface area contributed by atoms with Crippen molar-refractivity contribution in [2.24, 2.45) is 0 Å². The van der Waals surface area contributed by atoms with Crippen LogP contribution in [0.2, 0.25) is 0 Å². The molecule has 161 valence electrons. The summed E-state index contributed by atoms with van der Waals surface area (Å²) in [5.41, 5.74) is 6.59. The minimum absolute atomic E-state index is 0. The number of nitrogens with zero attached hydrogens (tertiary/aromatic N) is 3. The Labute approximate surface area is 208 Å². The van der Waals surface area contributed by atoms with E-state index in [-0.39, 0.29) is 20.1 Å². The number of rotatable bonds is 3. The Kier molecular flexibility index (Phi) is 8.79. The van der Waals surface area contributed by atoms with Gasteiger partial charge in [0.25, 0.3) is 0 Å². The van der Waals surface area contributed by atoms with Crippen LogP contribution in [0.5, 0.6) is 0 Å². The molecule has 2 heterocycles. The van der Waals surface area contributed by atoms with E-state index in [2.05, 4.69) is 45.1 Å². The van der Waals surface area contributed by atoms with Crippen LogP contribution >= 0.6 is 0 Å². The maximum atomic E-state index is 6.88. The number of hydrogen-bond donors (Lipinski definition) is 0. The fourth-order valence-electron chi connectivity index (χ4n) is 3.13. The number of pyridine rings is 2. The normalized spacial score (nSPS) is 9.55. The van der Waals surface area contributed by atoms with Crippen molar-refractivity contribution in [2.75, 3.05) is 0 Å². The number of benzene rings is 3. The monoisotopic (exact) mass is 602 g/mol. The third kappa shape index (κ3) is 6.54. The molecule has 0 atom stereocenters. The molecule has 0 aliphatic carbocycles. The summed E-state index contributed by atoms with van der Waals surface area (Å²) < 4.78 is 0. The van der Waals surface area contributed by atoms with Gasteiger partial charge in [-0.2, -0.15) is 6.07 Å². The van der Waals surface area contributed by atoms with Crippen molar-refractivity contribution in [3.63, 3.8) is 0 Å². The van der Waals surface area contributed by atoms with Gasteiger partial charge in [-0.15, -0.1) is 59.7 Å². The van der Waals surface area contributed by atoms with Crippen LogP contribution < -0.4 is 0 Å². The van der Waals surface area contributed by atoms with Gasteiger partial charge in [0, 0.05) is 32.5 Å². The van der Waals surface area contributed by atoms with Crippen molar-refractivity contribution in [3.05, 3.63) is 139 Å². The van der Waals surface area contributed by atoms with Gasteiger partial charge in [0.2, 0.25) is 0 Å². The van der Waals surface area contributed by atoms with Crippen LogP contribution in [-0.4, -0.2) is 9.97 Å². The van der Waals surface area contributed by atoms with E-state index in [4.69, 9.17) is 6.57 Å². The van der Waals surface area contributed by atoms with Crippen LogP contribution in [0.1, 0.15) is 0 Å². The minimum atomic E-state index is 0. The van der Waals surface area contributed by atoms with E-state index in [9.17, 15) is 0 Å². The van der Waals surface area contributed by atoms with Crippen LogP contribution in [0.25, 0.3) is 38.5 Å². The third-order valence-electron chi connectivity index (χ3n) is 4.69. The molecule has 0 bridgehead atoms. The molecule has 0 unspecified atom stereocenters. The standard InChI is InChI=1S/C17H12N.C12H7N2.Ir/c1-3-7-14(8-4-1)16-11-12-18-17(13-16)15-9-5-2-6-10-15;1-13-11-6-4-5-10(9-11)12-7-2-3-8-14-12;/h1-9,11-13H;2-8H;/q2*-1;. The van der Waals surface area contributed by atoms with Gasteiger partial charge in [0.05, 0.1) is 6.57 Å². The quantitative estimate of drug-likeness (QED) is 0.203. The Bertz CT molecular complexity index is 1260. The molecule has 3 nitrogen and oxygen atoms in total. The van der Waals surface area contributed by atoms with Gasteiger partial charge in [0.1, 0.15) is 5.69 Å². The summed E-state index contributed by atoms with van der Waals surface area (Å²) in [5, 5.41) is 0. The second kappa shape index (κ2) is 12.2. The number of aromatic nitrogens is 2. The summed E-state index contributed by atoms with van der Waals surface area (Å²) >= 11 is 0. The molecule has 0 N–H and O–H groups in total. The first-order valence-corrected chi connectivity index (χ1v) is 10.1. The summed E-state index contributed by atoms with van der Waals surface area (Å²) in [6, 6.07) is 39.7. The summed E-state index contributed by atoms with van der Waals surface area (Å²) in [4.78, 5) is 11.9. The van der Waals surface area contributed by atoms with E-state index in [0.717, 1.165) is 22.5 Å². The second-order valence-electron chi connectivity index (χ2n) is 6.85. The molecule has 0 saturated heterocycles. The Hall–Kier alpha value is -3.90. The van der Waals surface area contributed by atoms with E-state index in [1.165, 1.54) is 11.1 Å². The van der Waals surface area contributed by atoms with Crippen molar-refractivity contribution in [1.82, 2.24) is 9.97 Å². The Morgan fingerprint density at radius 1 is 0.636 bits per heavy atom. The smallest absolute Gasteiger partial charge is 0.106 e. The first-order chi connectivity index (χ1) is 15.8. The van der Waals surface area contributed by atoms with Crippen molar-refractivity contribution >= 4 is 5.69 Å². The van der Waals surface area contributed by atoms with Crippen LogP contribution in [0, 0.1) is 18.7 Å². The molecular weight excluding hydrogens is 583 g/mol. The molecule has 0 amide bonds. The summed E-state index contributed by atoms with van der Waals surface area (Å²) in [5.74, 6) is 0. The maximum Gasteiger partial charge on any atom is 0.106 e. The molecule has 0 fully saturated rings.